The van der Waals surface area contributed by atoms with Crippen molar-refractivity contribution in [1.29, 1.82) is 0 Å². The third-order valence-corrected chi connectivity index (χ3v) is 8.52. The van der Waals surface area contributed by atoms with Gasteiger partial charge in [-0.3, -0.25) is 9.78 Å². The molecule has 0 saturated carbocycles. The fourth-order valence-corrected chi connectivity index (χ4v) is 6.70. The van der Waals surface area contributed by atoms with Crippen LogP contribution in [0.1, 0.15) is 45.4 Å². The van der Waals surface area contributed by atoms with Gasteiger partial charge in [0.15, 0.2) is 11.4 Å². The van der Waals surface area contributed by atoms with E-state index in [0.717, 1.165) is 16.7 Å². The molecule has 4 aromatic rings. The molecule has 0 bridgehead atoms. The third-order valence-electron chi connectivity index (χ3n) is 6.47. The van der Waals surface area contributed by atoms with Gasteiger partial charge < -0.3 is 5.11 Å². The molecule has 3 heterocycles. The van der Waals surface area contributed by atoms with Gasteiger partial charge in [0.05, 0.1) is 5.75 Å². The number of pyridine rings is 2. The molecule has 1 unspecified atom stereocenters. The number of hydrogen-bond acceptors (Lipinski definition) is 6. The fourth-order valence-electron chi connectivity index (χ4n) is 4.84. The summed E-state index contributed by atoms with van der Waals surface area (Å²) < 4.78 is 26.7. The maximum Gasteiger partial charge on any atom is 0.215 e. The van der Waals surface area contributed by atoms with Crippen LogP contribution in [-0.2, 0) is 23.0 Å². The van der Waals surface area contributed by atoms with E-state index in [4.69, 9.17) is 0 Å². The normalized spacial score (nSPS) is 17.4. The predicted octanol–water partition coefficient (Wildman–Crippen LogP) is 4.25. The molecule has 0 amide bonds. The fraction of sp³-hybridized carbons (Fsp3) is 0.250. The molecule has 0 aliphatic carbocycles. The van der Waals surface area contributed by atoms with E-state index in [-0.39, 0.29) is 29.7 Å². The number of aromatic hydroxyl groups is 1. The Morgan fingerprint density at radius 3 is 2.53 bits per heavy atom. The summed E-state index contributed by atoms with van der Waals surface area (Å²) in [6.45, 7) is 4.33. The number of aromatic nitrogens is 2. The van der Waals surface area contributed by atoms with Crippen molar-refractivity contribution in [2.45, 2.75) is 26.8 Å². The van der Waals surface area contributed by atoms with Crippen molar-refractivity contribution in [2.75, 3.05) is 12.3 Å². The first kappa shape index (κ1) is 24.1. The van der Waals surface area contributed by atoms with Gasteiger partial charge >= 0.3 is 0 Å². The Labute approximate surface area is 210 Å². The van der Waals surface area contributed by atoms with Crippen molar-refractivity contribution in [3.8, 4) is 5.75 Å². The summed E-state index contributed by atoms with van der Waals surface area (Å²) in [6.07, 6.45) is 2.14. The number of hydrogen-bond donors (Lipinski definition) is 1. The van der Waals surface area contributed by atoms with Gasteiger partial charge in [-0.1, -0.05) is 43.3 Å². The molecule has 0 radical (unpaired) electrons. The highest BCUT2D eigenvalue weighted by molar-refractivity contribution is 7.89. The monoisotopic (exact) mass is 501 g/mol. The van der Waals surface area contributed by atoms with Crippen LogP contribution >= 0.6 is 0 Å². The van der Waals surface area contributed by atoms with Gasteiger partial charge in [0.25, 0.3) is 0 Å². The van der Waals surface area contributed by atoms with Crippen LogP contribution in [0.3, 0.4) is 0 Å². The van der Waals surface area contributed by atoms with Crippen LogP contribution in [-0.4, -0.2) is 45.9 Å². The van der Waals surface area contributed by atoms with Crippen LogP contribution in [0.4, 0.5) is 0 Å². The van der Waals surface area contributed by atoms with E-state index >= 15 is 0 Å². The Morgan fingerprint density at radius 2 is 1.81 bits per heavy atom. The van der Waals surface area contributed by atoms with Gasteiger partial charge in [-0.05, 0) is 60.2 Å². The summed E-state index contributed by atoms with van der Waals surface area (Å²) in [5.41, 5.74) is 3.87. The van der Waals surface area contributed by atoms with Gasteiger partial charge in [-0.15, -0.1) is 0 Å². The smallest absolute Gasteiger partial charge is 0.215 e. The summed E-state index contributed by atoms with van der Waals surface area (Å²) >= 11 is 0. The SMILES string of the molecule is Cc1nc(C(=O)c2cc(Cc3ccccc3)cc(CN3CC(C)CS3(=O)=O)c2)c(O)c2ncccc12. The van der Waals surface area contributed by atoms with E-state index in [9.17, 15) is 18.3 Å². The number of rotatable bonds is 6. The zero-order valence-electron chi connectivity index (χ0n) is 20.2. The molecule has 1 aliphatic rings. The standard InChI is InChI=1S/C28H27N3O4S/c1-18-15-31(36(34,35)17-18)16-22-12-21(11-20-7-4-3-5-8-20)13-23(14-22)27(32)26-28(33)25-24(19(2)30-26)9-6-10-29-25/h3-10,12-14,18,33H,11,15-17H2,1-2H3. The summed E-state index contributed by atoms with van der Waals surface area (Å²) in [6, 6.07) is 18.9. The van der Waals surface area contributed by atoms with Crippen LogP contribution in [0.5, 0.6) is 5.75 Å². The Kier molecular flexibility index (Phi) is 6.32. The van der Waals surface area contributed by atoms with Gasteiger partial charge in [-0.25, -0.2) is 13.4 Å². The lowest BCUT2D eigenvalue weighted by Crippen LogP contribution is -2.25. The summed E-state index contributed by atoms with van der Waals surface area (Å²) in [4.78, 5) is 22.3. The molecule has 1 aliphatic heterocycles. The summed E-state index contributed by atoms with van der Waals surface area (Å²) in [5, 5.41) is 11.6. The molecule has 5 rings (SSSR count). The van der Waals surface area contributed by atoms with Crippen LogP contribution in [0.2, 0.25) is 0 Å². The van der Waals surface area contributed by atoms with E-state index in [1.54, 1.807) is 37.4 Å². The van der Waals surface area contributed by atoms with Crippen molar-refractivity contribution >= 4 is 26.7 Å². The number of ketones is 1. The van der Waals surface area contributed by atoms with E-state index in [1.165, 1.54) is 4.31 Å². The van der Waals surface area contributed by atoms with Gasteiger partial charge in [0.2, 0.25) is 15.8 Å². The molecular weight excluding hydrogens is 474 g/mol. The summed E-state index contributed by atoms with van der Waals surface area (Å²) in [7, 11) is -3.34. The lowest BCUT2D eigenvalue weighted by Gasteiger charge is -2.17. The largest absolute Gasteiger partial charge is 0.504 e. The minimum Gasteiger partial charge on any atom is -0.504 e. The van der Waals surface area contributed by atoms with E-state index < -0.39 is 15.8 Å². The van der Waals surface area contributed by atoms with Gasteiger partial charge in [0, 0.05) is 35.9 Å². The highest BCUT2D eigenvalue weighted by Gasteiger charge is 2.33. The maximum absolute atomic E-state index is 13.7. The minimum atomic E-state index is -3.34. The van der Waals surface area contributed by atoms with Gasteiger partial charge in [-0.2, -0.15) is 4.31 Å². The Hall–Kier alpha value is -3.62. The van der Waals surface area contributed by atoms with Crippen LogP contribution in [0, 0.1) is 12.8 Å². The zero-order valence-corrected chi connectivity index (χ0v) is 21.0. The quantitative estimate of drug-likeness (QED) is 0.397. The molecule has 1 N–H and O–H groups in total. The predicted molar refractivity (Wildman–Crippen MR) is 138 cm³/mol. The molecule has 2 aromatic heterocycles. The number of aryl methyl sites for hydroxylation is 1. The molecule has 2 aromatic carbocycles. The molecule has 1 fully saturated rings. The van der Waals surface area contributed by atoms with Crippen molar-refractivity contribution in [2.24, 2.45) is 5.92 Å². The van der Waals surface area contributed by atoms with E-state index in [1.807, 2.05) is 43.3 Å². The Bertz CT molecular complexity index is 1570. The second-order valence-corrected chi connectivity index (χ2v) is 11.5. The Morgan fingerprint density at radius 1 is 1.06 bits per heavy atom. The Balaban J connectivity index is 1.58. The van der Waals surface area contributed by atoms with Crippen molar-refractivity contribution in [3.05, 3.63) is 101 Å². The summed E-state index contributed by atoms with van der Waals surface area (Å²) in [5.74, 6) is -0.508. The zero-order chi connectivity index (χ0) is 25.4. The average Bonchev–Trinajstić information content (AvgIpc) is 3.11. The van der Waals surface area contributed by atoms with Crippen molar-refractivity contribution < 1.29 is 18.3 Å². The van der Waals surface area contributed by atoms with Crippen molar-refractivity contribution in [3.63, 3.8) is 0 Å². The number of carbonyl (C=O) groups is 1. The first-order valence-electron chi connectivity index (χ1n) is 11.8. The number of sulfonamides is 1. The highest BCUT2D eigenvalue weighted by Crippen LogP contribution is 2.30. The molecule has 1 saturated heterocycles. The first-order valence-corrected chi connectivity index (χ1v) is 13.5. The van der Waals surface area contributed by atoms with Gasteiger partial charge in [0.1, 0.15) is 5.52 Å². The molecule has 7 nitrogen and oxygen atoms in total. The molecule has 8 heteroatoms. The molecule has 0 spiro atoms. The molecule has 36 heavy (non-hydrogen) atoms. The number of carbonyl (C=O) groups excluding carboxylic acids is 1. The van der Waals surface area contributed by atoms with Crippen molar-refractivity contribution in [1.82, 2.24) is 14.3 Å². The lowest BCUT2D eigenvalue weighted by molar-refractivity contribution is 0.103. The average molecular weight is 502 g/mol. The van der Waals surface area contributed by atoms with Crippen LogP contribution in [0.25, 0.3) is 10.9 Å². The van der Waals surface area contributed by atoms with Crippen LogP contribution < -0.4 is 0 Å². The topological polar surface area (TPSA) is 100 Å². The second-order valence-electron chi connectivity index (χ2n) is 9.50. The van der Waals surface area contributed by atoms with E-state index in [2.05, 4.69) is 9.97 Å². The van der Waals surface area contributed by atoms with E-state index in [0.29, 0.717) is 35.1 Å². The lowest BCUT2D eigenvalue weighted by atomic mass is 9.96. The molecule has 184 valence electrons. The maximum atomic E-state index is 13.7. The molecule has 1 atom stereocenters. The number of benzene rings is 2. The number of nitrogens with zero attached hydrogens (tertiary/aromatic N) is 3. The first-order chi connectivity index (χ1) is 17.2. The second kappa shape index (κ2) is 9.44. The highest BCUT2D eigenvalue weighted by atomic mass is 32.2. The minimum absolute atomic E-state index is 0.0535. The van der Waals surface area contributed by atoms with Crippen LogP contribution in [0.15, 0.2) is 66.9 Å². The number of fused-ring (bicyclic) bond motifs is 1. The molecular formula is C28H27N3O4S. The third kappa shape index (κ3) is 4.74.